The Morgan fingerprint density at radius 2 is 1.76 bits per heavy atom. The Morgan fingerprint density at radius 3 is 2.48 bits per heavy atom. The standard InChI is InChI=1S/C24H26N2O6S/c1-17-3-4-18(2)23(15-17)31-16-20-7-10-22(32-20)24(27)25-19-5-8-21(9-6-19)33(28,29)26-11-13-30-14-12-26/h3-10,15H,11-14,16H2,1-2H3,(H,25,27). The highest BCUT2D eigenvalue weighted by Crippen LogP contribution is 2.22. The summed E-state index contributed by atoms with van der Waals surface area (Å²) >= 11 is 0. The Hall–Kier alpha value is -3.14. The van der Waals surface area contributed by atoms with Gasteiger partial charge in [0, 0.05) is 18.8 Å². The fourth-order valence-electron chi connectivity index (χ4n) is 3.43. The number of morpholine rings is 1. The maximum atomic E-state index is 12.7. The minimum absolute atomic E-state index is 0.138. The van der Waals surface area contributed by atoms with Gasteiger partial charge in [-0.3, -0.25) is 4.79 Å². The van der Waals surface area contributed by atoms with Crippen LogP contribution in [-0.2, 0) is 21.4 Å². The molecule has 3 aromatic rings. The SMILES string of the molecule is Cc1ccc(C)c(OCc2ccc(C(=O)Nc3ccc(S(=O)(=O)N4CCOCC4)cc3)o2)c1. The lowest BCUT2D eigenvalue weighted by Crippen LogP contribution is -2.40. The molecule has 0 aliphatic carbocycles. The molecule has 0 unspecified atom stereocenters. The first-order valence-electron chi connectivity index (χ1n) is 10.6. The van der Waals surface area contributed by atoms with Crippen LogP contribution in [-0.4, -0.2) is 44.9 Å². The van der Waals surface area contributed by atoms with Gasteiger partial charge in [-0.05, 0) is 67.4 Å². The van der Waals surface area contributed by atoms with E-state index in [0.717, 1.165) is 16.9 Å². The van der Waals surface area contributed by atoms with Crippen molar-refractivity contribution in [1.29, 1.82) is 0 Å². The summed E-state index contributed by atoms with van der Waals surface area (Å²) in [5, 5.41) is 2.72. The maximum absolute atomic E-state index is 12.7. The number of benzene rings is 2. The normalized spacial score (nSPS) is 14.7. The molecule has 0 bridgehead atoms. The molecule has 1 N–H and O–H groups in total. The van der Waals surface area contributed by atoms with E-state index < -0.39 is 15.9 Å². The van der Waals surface area contributed by atoms with Crippen molar-refractivity contribution in [3.8, 4) is 5.75 Å². The van der Waals surface area contributed by atoms with E-state index in [2.05, 4.69) is 5.32 Å². The average molecular weight is 471 g/mol. The number of carbonyl (C=O) groups excluding carboxylic acids is 1. The summed E-state index contributed by atoms with van der Waals surface area (Å²) in [5.74, 6) is 0.994. The van der Waals surface area contributed by atoms with Gasteiger partial charge < -0.3 is 19.2 Å². The van der Waals surface area contributed by atoms with Crippen LogP contribution in [0, 0.1) is 13.8 Å². The van der Waals surface area contributed by atoms with Crippen molar-refractivity contribution in [1.82, 2.24) is 4.31 Å². The van der Waals surface area contributed by atoms with Gasteiger partial charge in [-0.1, -0.05) is 12.1 Å². The lowest BCUT2D eigenvalue weighted by atomic mass is 10.1. The summed E-state index contributed by atoms with van der Waals surface area (Å²) in [6.45, 7) is 5.58. The largest absolute Gasteiger partial charge is 0.485 e. The van der Waals surface area contributed by atoms with Crippen LogP contribution in [0.2, 0.25) is 0 Å². The molecule has 0 atom stereocenters. The van der Waals surface area contributed by atoms with Gasteiger partial charge in [0.1, 0.15) is 18.1 Å². The predicted molar refractivity (Wildman–Crippen MR) is 123 cm³/mol. The zero-order valence-electron chi connectivity index (χ0n) is 18.5. The number of amides is 1. The fraction of sp³-hybridized carbons (Fsp3) is 0.292. The summed E-state index contributed by atoms with van der Waals surface area (Å²) in [6.07, 6.45) is 0. The van der Waals surface area contributed by atoms with Crippen LogP contribution in [0.25, 0.3) is 0 Å². The number of ether oxygens (including phenoxy) is 2. The van der Waals surface area contributed by atoms with E-state index in [1.807, 2.05) is 32.0 Å². The highest BCUT2D eigenvalue weighted by atomic mass is 32.2. The second kappa shape index (κ2) is 9.78. The van der Waals surface area contributed by atoms with E-state index in [4.69, 9.17) is 13.9 Å². The monoisotopic (exact) mass is 470 g/mol. The molecule has 2 aromatic carbocycles. The smallest absolute Gasteiger partial charge is 0.291 e. The van der Waals surface area contributed by atoms with Gasteiger partial charge in [0.2, 0.25) is 10.0 Å². The topological polar surface area (TPSA) is 98.1 Å². The van der Waals surface area contributed by atoms with Crippen LogP contribution in [0.5, 0.6) is 5.75 Å². The van der Waals surface area contributed by atoms with Crippen molar-refractivity contribution in [2.75, 3.05) is 31.6 Å². The number of nitrogens with one attached hydrogen (secondary N) is 1. The van der Waals surface area contributed by atoms with E-state index in [0.29, 0.717) is 37.8 Å². The molecule has 2 heterocycles. The average Bonchev–Trinajstić information content (AvgIpc) is 3.30. The van der Waals surface area contributed by atoms with E-state index in [-0.39, 0.29) is 17.3 Å². The molecule has 4 rings (SSSR count). The van der Waals surface area contributed by atoms with E-state index in [9.17, 15) is 13.2 Å². The number of nitrogens with zero attached hydrogens (tertiary/aromatic N) is 1. The minimum Gasteiger partial charge on any atom is -0.485 e. The molecule has 1 saturated heterocycles. The van der Waals surface area contributed by atoms with E-state index >= 15 is 0 Å². The van der Waals surface area contributed by atoms with Crippen LogP contribution in [0.4, 0.5) is 5.69 Å². The Morgan fingerprint density at radius 1 is 1.03 bits per heavy atom. The molecule has 0 spiro atoms. The van der Waals surface area contributed by atoms with Crippen LogP contribution in [0.15, 0.2) is 63.9 Å². The van der Waals surface area contributed by atoms with Gasteiger partial charge in [0.15, 0.2) is 5.76 Å². The van der Waals surface area contributed by atoms with Crippen LogP contribution < -0.4 is 10.1 Å². The van der Waals surface area contributed by atoms with Gasteiger partial charge in [-0.25, -0.2) is 8.42 Å². The lowest BCUT2D eigenvalue weighted by molar-refractivity contribution is 0.0730. The van der Waals surface area contributed by atoms with Crippen LogP contribution in [0.3, 0.4) is 0 Å². The highest BCUT2D eigenvalue weighted by molar-refractivity contribution is 7.89. The van der Waals surface area contributed by atoms with Crippen molar-refractivity contribution in [3.05, 3.63) is 77.2 Å². The first-order chi connectivity index (χ1) is 15.8. The molecular weight excluding hydrogens is 444 g/mol. The Labute approximate surface area is 193 Å². The quantitative estimate of drug-likeness (QED) is 0.565. The molecule has 33 heavy (non-hydrogen) atoms. The second-order valence-corrected chi connectivity index (χ2v) is 9.76. The molecule has 1 aliphatic rings. The summed E-state index contributed by atoms with van der Waals surface area (Å²) in [5.41, 5.74) is 2.58. The summed E-state index contributed by atoms with van der Waals surface area (Å²) < 4.78 is 43.5. The van der Waals surface area contributed by atoms with Crippen LogP contribution in [0.1, 0.15) is 27.4 Å². The van der Waals surface area contributed by atoms with E-state index in [1.54, 1.807) is 24.3 Å². The Balaban J connectivity index is 1.36. The second-order valence-electron chi connectivity index (χ2n) is 7.82. The number of sulfonamides is 1. The summed E-state index contributed by atoms with van der Waals surface area (Å²) in [7, 11) is -3.58. The molecule has 0 radical (unpaired) electrons. The lowest BCUT2D eigenvalue weighted by Gasteiger charge is -2.26. The van der Waals surface area contributed by atoms with Gasteiger partial charge in [-0.2, -0.15) is 4.31 Å². The Bertz CT molecular complexity index is 1230. The molecule has 8 nitrogen and oxygen atoms in total. The van der Waals surface area contributed by atoms with Gasteiger partial charge >= 0.3 is 0 Å². The first-order valence-corrected chi connectivity index (χ1v) is 12.0. The zero-order chi connectivity index (χ0) is 23.4. The van der Waals surface area contributed by atoms with E-state index in [1.165, 1.54) is 16.4 Å². The van der Waals surface area contributed by atoms with Crippen molar-refractivity contribution < 1.29 is 27.1 Å². The van der Waals surface area contributed by atoms with Gasteiger partial charge in [-0.15, -0.1) is 0 Å². The minimum atomic E-state index is -3.58. The number of carbonyl (C=O) groups is 1. The van der Waals surface area contributed by atoms with Crippen molar-refractivity contribution >= 4 is 21.6 Å². The summed E-state index contributed by atoms with van der Waals surface area (Å²) in [6, 6.07) is 15.3. The third-order valence-electron chi connectivity index (χ3n) is 5.32. The molecule has 9 heteroatoms. The van der Waals surface area contributed by atoms with Crippen LogP contribution >= 0.6 is 0 Å². The molecule has 1 aliphatic heterocycles. The predicted octanol–water partition coefficient (Wildman–Crippen LogP) is 3.75. The first kappa shape index (κ1) is 23.0. The number of anilines is 1. The zero-order valence-corrected chi connectivity index (χ0v) is 19.4. The summed E-state index contributed by atoms with van der Waals surface area (Å²) in [4.78, 5) is 12.7. The maximum Gasteiger partial charge on any atom is 0.291 e. The number of aryl methyl sites for hydroxylation is 2. The van der Waals surface area contributed by atoms with Gasteiger partial charge in [0.05, 0.1) is 18.1 Å². The molecule has 174 valence electrons. The molecule has 1 amide bonds. The van der Waals surface area contributed by atoms with Gasteiger partial charge in [0.25, 0.3) is 5.91 Å². The number of hydrogen-bond donors (Lipinski definition) is 1. The number of rotatable bonds is 7. The molecular formula is C24H26N2O6S. The molecule has 1 fully saturated rings. The molecule has 0 saturated carbocycles. The number of hydrogen-bond acceptors (Lipinski definition) is 6. The highest BCUT2D eigenvalue weighted by Gasteiger charge is 2.26. The third-order valence-corrected chi connectivity index (χ3v) is 7.23. The molecule has 1 aromatic heterocycles. The Kier molecular flexibility index (Phi) is 6.83. The third kappa shape index (κ3) is 5.44. The van der Waals surface area contributed by atoms with Crippen molar-refractivity contribution in [2.24, 2.45) is 0 Å². The van der Waals surface area contributed by atoms with Crippen molar-refractivity contribution in [2.45, 2.75) is 25.3 Å². The fourth-order valence-corrected chi connectivity index (χ4v) is 4.84. The number of furan rings is 1. The van der Waals surface area contributed by atoms with Crippen molar-refractivity contribution in [3.63, 3.8) is 0 Å².